The molecule has 0 aliphatic carbocycles. The van der Waals surface area contributed by atoms with Crippen molar-refractivity contribution >= 4 is 23.4 Å². The topological polar surface area (TPSA) is 67.6 Å². The van der Waals surface area contributed by atoms with Crippen LogP contribution in [-0.4, -0.2) is 54.2 Å². The van der Waals surface area contributed by atoms with Crippen LogP contribution in [-0.2, 0) is 16.1 Å². The lowest BCUT2D eigenvalue weighted by Gasteiger charge is -2.26. The molecule has 6 heteroatoms. The second kappa shape index (κ2) is 8.15. The summed E-state index contributed by atoms with van der Waals surface area (Å²) in [5.41, 5.74) is 7.68. The molecule has 0 saturated carbocycles. The zero-order valence-corrected chi connectivity index (χ0v) is 14.2. The lowest BCUT2D eigenvalue weighted by atomic mass is 10.1. The monoisotopic (exact) mass is 335 g/mol. The third-order valence-electron chi connectivity index (χ3n) is 4.37. The Morgan fingerprint density at radius 2 is 2.17 bits per heavy atom. The molecule has 0 aromatic heterocycles. The number of carbonyl (C=O) groups is 1. The minimum absolute atomic E-state index is 0.0223. The Kier molecular flexibility index (Phi) is 5.94. The van der Waals surface area contributed by atoms with Gasteiger partial charge in [-0.15, -0.1) is 0 Å². The number of hydrogen-bond acceptors (Lipinski definition) is 5. The average Bonchev–Trinajstić information content (AvgIpc) is 3.05. The lowest BCUT2D eigenvalue weighted by molar-refractivity contribution is -0.126. The molecule has 2 aliphatic rings. The number of nitrogens with two attached hydrogens (primary N) is 1. The zero-order chi connectivity index (χ0) is 16.1. The van der Waals surface area contributed by atoms with Gasteiger partial charge in [0.05, 0.1) is 6.10 Å². The van der Waals surface area contributed by atoms with Crippen LogP contribution in [0.4, 0.5) is 5.69 Å². The molecular formula is C17H25N3O2S. The highest BCUT2D eigenvalue weighted by molar-refractivity contribution is 7.99. The van der Waals surface area contributed by atoms with Gasteiger partial charge in [0.1, 0.15) is 6.10 Å². The fraction of sp³-hybridized carbons (Fsp3) is 0.588. The second-order valence-corrected chi connectivity index (χ2v) is 7.36. The number of hydrogen-bond donors (Lipinski definition) is 2. The summed E-state index contributed by atoms with van der Waals surface area (Å²) < 4.78 is 5.65. The van der Waals surface area contributed by atoms with Gasteiger partial charge in [0.2, 0.25) is 0 Å². The van der Waals surface area contributed by atoms with Crippen LogP contribution in [0, 0.1) is 0 Å². The van der Waals surface area contributed by atoms with E-state index in [1.165, 1.54) is 17.1 Å². The normalized spacial score (nSPS) is 25.4. The molecule has 1 amide bonds. The van der Waals surface area contributed by atoms with Crippen LogP contribution >= 0.6 is 11.8 Å². The Morgan fingerprint density at radius 1 is 1.35 bits per heavy atom. The average molecular weight is 335 g/mol. The van der Waals surface area contributed by atoms with E-state index < -0.39 is 0 Å². The number of carbonyl (C=O) groups excluding carboxylic acids is 1. The maximum atomic E-state index is 12.3. The van der Waals surface area contributed by atoms with Crippen molar-refractivity contribution in [3.8, 4) is 0 Å². The molecule has 2 atom stereocenters. The van der Waals surface area contributed by atoms with Gasteiger partial charge < -0.3 is 15.8 Å². The van der Waals surface area contributed by atoms with Crippen molar-refractivity contribution in [1.82, 2.24) is 4.90 Å². The van der Waals surface area contributed by atoms with E-state index in [4.69, 9.17) is 10.5 Å². The number of anilines is 1. The summed E-state index contributed by atoms with van der Waals surface area (Å²) in [5.74, 6) is 2.35. The first-order valence-corrected chi connectivity index (χ1v) is 9.45. The van der Waals surface area contributed by atoms with E-state index >= 15 is 0 Å². The Balaban J connectivity index is 1.55. The summed E-state index contributed by atoms with van der Waals surface area (Å²) in [4.78, 5) is 14.7. The molecule has 0 radical (unpaired) electrons. The van der Waals surface area contributed by atoms with E-state index in [1.54, 1.807) is 0 Å². The Labute approximate surface area is 141 Å². The van der Waals surface area contributed by atoms with E-state index in [0.29, 0.717) is 6.54 Å². The van der Waals surface area contributed by atoms with Gasteiger partial charge in [-0.1, -0.05) is 12.1 Å². The van der Waals surface area contributed by atoms with Gasteiger partial charge in [-0.3, -0.25) is 9.69 Å². The SMILES string of the molecule is NC[C@H]1CC[C@@H](C(=O)Nc2cccc(CN3CCSCC3)c2)O1. The zero-order valence-electron chi connectivity index (χ0n) is 13.4. The third-order valence-corrected chi connectivity index (χ3v) is 5.31. The van der Waals surface area contributed by atoms with Gasteiger partial charge in [-0.05, 0) is 30.5 Å². The summed E-state index contributed by atoms with van der Waals surface area (Å²) in [6.07, 6.45) is 1.26. The molecule has 3 N–H and O–H groups in total. The van der Waals surface area contributed by atoms with Crippen molar-refractivity contribution in [2.45, 2.75) is 31.6 Å². The lowest BCUT2D eigenvalue weighted by Crippen LogP contribution is -2.32. The molecule has 1 aromatic carbocycles. The molecule has 2 fully saturated rings. The van der Waals surface area contributed by atoms with Crippen LogP contribution in [0.2, 0.25) is 0 Å². The first kappa shape index (κ1) is 16.8. The van der Waals surface area contributed by atoms with Gasteiger partial charge in [-0.25, -0.2) is 0 Å². The number of thioether (sulfide) groups is 1. The quantitative estimate of drug-likeness (QED) is 0.857. The molecule has 0 bridgehead atoms. The van der Waals surface area contributed by atoms with Crippen LogP contribution in [0.3, 0.4) is 0 Å². The van der Waals surface area contributed by atoms with Crippen molar-refractivity contribution in [2.75, 3.05) is 36.5 Å². The maximum Gasteiger partial charge on any atom is 0.253 e. The van der Waals surface area contributed by atoms with Crippen LogP contribution in [0.25, 0.3) is 0 Å². The van der Waals surface area contributed by atoms with E-state index in [2.05, 4.69) is 22.3 Å². The van der Waals surface area contributed by atoms with E-state index in [0.717, 1.165) is 38.2 Å². The van der Waals surface area contributed by atoms with E-state index in [9.17, 15) is 4.79 Å². The first-order chi connectivity index (χ1) is 11.2. The number of nitrogens with zero attached hydrogens (tertiary/aromatic N) is 1. The Bertz CT molecular complexity index is 534. The van der Waals surface area contributed by atoms with Gasteiger partial charge in [-0.2, -0.15) is 11.8 Å². The van der Waals surface area contributed by atoms with Crippen LogP contribution in [0.5, 0.6) is 0 Å². The van der Waals surface area contributed by atoms with Gasteiger partial charge in [0, 0.05) is 43.4 Å². The summed E-state index contributed by atoms with van der Waals surface area (Å²) in [5, 5.41) is 2.98. The Hall–Kier alpha value is -1.08. The largest absolute Gasteiger partial charge is 0.364 e. The smallest absolute Gasteiger partial charge is 0.253 e. The van der Waals surface area contributed by atoms with Gasteiger partial charge in [0.25, 0.3) is 5.91 Å². The summed E-state index contributed by atoms with van der Waals surface area (Å²) >= 11 is 2.02. The Morgan fingerprint density at radius 3 is 2.91 bits per heavy atom. The molecule has 0 spiro atoms. The van der Waals surface area contributed by atoms with E-state index in [1.807, 2.05) is 23.9 Å². The molecule has 0 unspecified atom stereocenters. The number of amides is 1. The molecule has 2 saturated heterocycles. The van der Waals surface area contributed by atoms with Crippen molar-refractivity contribution in [1.29, 1.82) is 0 Å². The molecule has 2 heterocycles. The maximum absolute atomic E-state index is 12.3. The highest BCUT2D eigenvalue weighted by Gasteiger charge is 2.29. The number of benzene rings is 1. The van der Waals surface area contributed by atoms with Crippen LogP contribution in [0.1, 0.15) is 18.4 Å². The van der Waals surface area contributed by atoms with Gasteiger partial charge in [0.15, 0.2) is 0 Å². The molecule has 23 heavy (non-hydrogen) atoms. The number of ether oxygens (including phenoxy) is 1. The minimum Gasteiger partial charge on any atom is -0.364 e. The summed E-state index contributed by atoms with van der Waals surface area (Å²) in [7, 11) is 0. The molecule has 5 nitrogen and oxygen atoms in total. The summed E-state index contributed by atoms with van der Waals surface area (Å²) in [6.45, 7) is 3.70. The molecular weight excluding hydrogens is 310 g/mol. The predicted molar refractivity (Wildman–Crippen MR) is 94.6 cm³/mol. The number of rotatable bonds is 5. The fourth-order valence-electron chi connectivity index (χ4n) is 3.06. The minimum atomic E-state index is -0.369. The second-order valence-electron chi connectivity index (χ2n) is 6.14. The third kappa shape index (κ3) is 4.70. The van der Waals surface area contributed by atoms with Crippen molar-refractivity contribution in [3.05, 3.63) is 29.8 Å². The van der Waals surface area contributed by atoms with Crippen LogP contribution < -0.4 is 11.1 Å². The summed E-state index contributed by atoms with van der Waals surface area (Å²) in [6, 6.07) is 8.12. The predicted octanol–water partition coefficient (Wildman–Crippen LogP) is 1.68. The van der Waals surface area contributed by atoms with Crippen molar-refractivity contribution in [3.63, 3.8) is 0 Å². The van der Waals surface area contributed by atoms with Crippen molar-refractivity contribution < 1.29 is 9.53 Å². The molecule has 3 rings (SSSR count). The molecule has 2 aliphatic heterocycles. The molecule has 126 valence electrons. The highest BCUT2D eigenvalue weighted by atomic mass is 32.2. The standard InChI is InChI=1S/C17H25N3O2S/c18-11-15-4-5-16(22-15)17(21)19-14-3-1-2-13(10-14)12-20-6-8-23-9-7-20/h1-3,10,15-16H,4-9,11-12,18H2,(H,19,21)/t15-,16+/m1/s1. The first-order valence-electron chi connectivity index (χ1n) is 8.30. The molecule has 1 aromatic rings. The number of nitrogens with one attached hydrogen (secondary N) is 1. The fourth-order valence-corrected chi connectivity index (χ4v) is 4.04. The van der Waals surface area contributed by atoms with Crippen LogP contribution in [0.15, 0.2) is 24.3 Å². The van der Waals surface area contributed by atoms with E-state index in [-0.39, 0.29) is 18.1 Å². The van der Waals surface area contributed by atoms with Crippen molar-refractivity contribution in [2.24, 2.45) is 5.73 Å². The van der Waals surface area contributed by atoms with Gasteiger partial charge >= 0.3 is 0 Å². The highest BCUT2D eigenvalue weighted by Crippen LogP contribution is 2.21.